The summed E-state index contributed by atoms with van der Waals surface area (Å²) in [6, 6.07) is 3.28. The average molecular weight is 368 g/mol. The Bertz CT molecular complexity index is 881. The van der Waals surface area contributed by atoms with E-state index in [2.05, 4.69) is 9.71 Å². The van der Waals surface area contributed by atoms with E-state index in [-0.39, 0.29) is 22.0 Å². The van der Waals surface area contributed by atoms with Gasteiger partial charge in [0.1, 0.15) is 5.15 Å². The van der Waals surface area contributed by atoms with Crippen molar-refractivity contribution in [2.45, 2.75) is 44.0 Å². The molecule has 0 spiro atoms. The first-order valence-corrected chi connectivity index (χ1v) is 10.0. The van der Waals surface area contributed by atoms with Crippen LogP contribution in [0.25, 0.3) is 10.8 Å². The lowest BCUT2D eigenvalue weighted by Gasteiger charge is -2.25. The molecular weight excluding hydrogens is 346 g/mol. The van der Waals surface area contributed by atoms with Crippen molar-refractivity contribution in [1.82, 2.24) is 9.71 Å². The number of rotatable bonds is 4. The van der Waals surface area contributed by atoms with Crippen molar-refractivity contribution in [3.05, 3.63) is 34.6 Å². The lowest BCUT2D eigenvalue weighted by molar-refractivity contribution is 0.558. The highest BCUT2D eigenvalue weighted by Crippen LogP contribution is 2.37. The molecule has 0 amide bonds. The van der Waals surface area contributed by atoms with Crippen molar-refractivity contribution in [2.75, 3.05) is 6.54 Å². The Kier molecular flexibility index (Phi) is 4.84. The fourth-order valence-electron chi connectivity index (χ4n) is 3.21. The highest BCUT2D eigenvalue weighted by atomic mass is 35.5. The summed E-state index contributed by atoms with van der Waals surface area (Å²) >= 11 is 6.03. The van der Waals surface area contributed by atoms with Crippen LogP contribution in [-0.2, 0) is 16.4 Å². The van der Waals surface area contributed by atoms with Crippen LogP contribution in [0.3, 0.4) is 0 Å². The Morgan fingerprint density at radius 1 is 1.38 bits per heavy atom. The first kappa shape index (κ1) is 17.6. The van der Waals surface area contributed by atoms with Crippen LogP contribution >= 0.6 is 11.6 Å². The Morgan fingerprint density at radius 2 is 2.12 bits per heavy atom. The molecule has 3 rings (SSSR count). The molecule has 0 bridgehead atoms. The fraction of sp³-hybridized carbons (Fsp3) is 0.471. The summed E-state index contributed by atoms with van der Waals surface area (Å²) in [6.45, 7) is 4.32. The Morgan fingerprint density at radius 3 is 2.83 bits per heavy atom. The summed E-state index contributed by atoms with van der Waals surface area (Å²) in [6.07, 6.45) is 4.32. The maximum atomic E-state index is 12.8. The highest BCUT2D eigenvalue weighted by Gasteiger charge is 2.26. The summed E-state index contributed by atoms with van der Waals surface area (Å²) < 4.78 is 28.3. The third-order valence-electron chi connectivity index (χ3n) is 4.38. The zero-order valence-electron chi connectivity index (χ0n) is 13.8. The molecule has 24 heavy (non-hydrogen) atoms. The molecule has 130 valence electrons. The number of nitrogens with one attached hydrogen (secondary N) is 1. The largest absolute Gasteiger partial charge is 0.324 e. The molecule has 0 saturated carbocycles. The van der Waals surface area contributed by atoms with Gasteiger partial charge in [0.15, 0.2) is 0 Å². The summed E-state index contributed by atoms with van der Waals surface area (Å²) in [7, 11) is -3.63. The second kappa shape index (κ2) is 6.59. The molecule has 3 N–H and O–H groups in total. The Hall–Kier alpha value is -1.21. The van der Waals surface area contributed by atoms with Gasteiger partial charge in [0.2, 0.25) is 10.0 Å². The van der Waals surface area contributed by atoms with Gasteiger partial charge in [0, 0.05) is 29.6 Å². The van der Waals surface area contributed by atoms with Gasteiger partial charge in [-0.3, -0.25) is 0 Å². The molecule has 0 fully saturated rings. The van der Waals surface area contributed by atoms with Gasteiger partial charge in [-0.25, -0.2) is 18.1 Å². The van der Waals surface area contributed by atoms with Crippen molar-refractivity contribution < 1.29 is 8.42 Å². The lowest BCUT2D eigenvalue weighted by atomic mass is 9.85. The summed E-state index contributed by atoms with van der Waals surface area (Å²) in [5, 5.41) is 1.64. The first-order chi connectivity index (χ1) is 11.3. The maximum Gasteiger partial charge on any atom is 0.241 e. The number of aryl methyl sites for hydroxylation is 1. The summed E-state index contributed by atoms with van der Waals surface area (Å²) in [4.78, 5) is 4.40. The van der Waals surface area contributed by atoms with E-state index in [1.54, 1.807) is 18.3 Å². The van der Waals surface area contributed by atoms with Gasteiger partial charge in [-0.15, -0.1) is 0 Å². The Labute approximate surface area is 147 Å². The zero-order chi connectivity index (χ0) is 17.5. The minimum Gasteiger partial charge on any atom is -0.324 e. The molecule has 5 nitrogen and oxygen atoms in total. The number of benzene rings is 1. The van der Waals surface area contributed by atoms with Gasteiger partial charge in [-0.05, 0) is 48.4 Å². The van der Waals surface area contributed by atoms with E-state index < -0.39 is 10.0 Å². The number of fused-ring (bicyclic) bond motifs is 3. The van der Waals surface area contributed by atoms with Crippen molar-refractivity contribution in [3.63, 3.8) is 0 Å². The maximum absolute atomic E-state index is 12.8. The molecule has 7 heteroatoms. The first-order valence-electron chi connectivity index (χ1n) is 8.16. The van der Waals surface area contributed by atoms with Crippen LogP contribution in [-0.4, -0.2) is 19.9 Å². The molecule has 1 unspecified atom stereocenters. The quantitative estimate of drug-likeness (QED) is 0.813. The number of halogens is 1. The zero-order valence-corrected chi connectivity index (χ0v) is 15.4. The molecule has 1 aliphatic carbocycles. The third kappa shape index (κ3) is 3.28. The van der Waals surface area contributed by atoms with Crippen LogP contribution in [0.1, 0.15) is 43.9 Å². The van der Waals surface area contributed by atoms with Crippen LogP contribution in [0.15, 0.2) is 23.2 Å². The van der Waals surface area contributed by atoms with Gasteiger partial charge in [-0.1, -0.05) is 25.4 Å². The topological polar surface area (TPSA) is 85.1 Å². The highest BCUT2D eigenvalue weighted by molar-refractivity contribution is 7.89. The molecule has 1 atom stereocenters. The van der Waals surface area contributed by atoms with E-state index in [9.17, 15) is 8.42 Å². The van der Waals surface area contributed by atoms with Crippen molar-refractivity contribution in [1.29, 1.82) is 0 Å². The van der Waals surface area contributed by atoms with Crippen molar-refractivity contribution >= 4 is 32.4 Å². The van der Waals surface area contributed by atoms with E-state index in [0.29, 0.717) is 11.9 Å². The number of aromatic nitrogens is 1. The van der Waals surface area contributed by atoms with Gasteiger partial charge in [0.05, 0.1) is 4.90 Å². The number of hydrogen-bond donors (Lipinski definition) is 2. The van der Waals surface area contributed by atoms with Crippen LogP contribution in [0, 0.1) is 5.92 Å². The molecule has 0 aliphatic heterocycles. The molecule has 0 radical (unpaired) electrons. The molecule has 0 saturated heterocycles. The van der Waals surface area contributed by atoms with Crippen LogP contribution in [0.2, 0.25) is 5.15 Å². The molecule has 2 aromatic rings. The summed E-state index contributed by atoms with van der Waals surface area (Å²) in [5.41, 5.74) is 8.28. The van der Waals surface area contributed by atoms with Gasteiger partial charge >= 0.3 is 0 Å². The number of pyridine rings is 1. The van der Waals surface area contributed by atoms with Crippen molar-refractivity contribution in [3.8, 4) is 0 Å². The van der Waals surface area contributed by atoms with E-state index in [4.69, 9.17) is 17.3 Å². The second-order valence-electron chi connectivity index (χ2n) is 6.74. The van der Waals surface area contributed by atoms with E-state index in [1.165, 1.54) is 0 Å². The SMILES string of the molecule is CC(C)CNS(=O)(=O)c1cc2c(c3cnc(Cl)cc13)C(N)CCC2. The van der Waals surface area contributed by atoms with Gasteiger partial charge in [0.25, 0.3) is 0 Å². The lowest BCUT2D eigenvalue weighted by Crippen LogP contribution is -2.28. The minimum atomic E-state index is -3.63. The van der Waals surface area contributed by atoms with Crippen molar-refractivity contribution in [2.24, 2.45) is 11.7 Å². The van der Waals surface area contributed by atoms with Crippen LogP contribution in [0.5, 0.6) is 0 Å². The van der Waals surface area contributed by atoms with Crippen LogP contribution < -0.4 is 10.5 Å². The average Bonchev–Trinajstić information content (AvgIpc) is 2.52. The van der Waals surface area contributed by atoms with Gasteiger partial charge in [-0.2, -0.15) is 0 Å². The second-order valence-corrected chi connectivity index (χ2v) is 8.87. The van der Waals surface area contributed by atoms with E-state index >= 15 is 0 Å². The number of nitrogens with zero attached hydrogens (tertiary/aromatic N) is 1. The molecule has 1 aromatic carbocycles. The number of sulfonamides is 1. The predicted molar refractivity (Wildman–Crippen MR) is 96.6 cm³/mol. The Balaban J connectivity index is 2.25. The van der Waals surface area contributed by atoms with Crippen LogP contribution in [0.4, 0.5) is 0 Å². The number of nitrogens with two attached hydrogens (primary N) is 1. The molecule has 1 aliphatic rings. The summed E-state index contributed by atoms with van der Waals surface area (Å²) in [5.74, 6) is 0.224. The van der Waals surface area contributed by atoms with Gasteiger partial charge < -0.3 is 5.73 Å². The van der Waals surface area contributed by atoms with E-state index in [0.717, 1.165) is 35.8 Å². The molecule has 1 aromatic heterocycles. The monoisotopic (exact) mass is 367 g/mol. The van der Waals surface area contributed by atoms with E-state index in [1.807, 2.05) is 13.8 Å². The number of hydrogen-bond acceptors (Lipinski definition) is 4. The fourth-order valence-corrected chi connectivity index (χ4v) is 4.83. The molecular formula is C17H22ClN3O2S. The smallest absolute Gasteiger partial charge is 0.241 e. The minimum absolute atomic E-state index is 0.0976. The predicted octanol–water partition coefficient (Wildman–Crippen LogP) is 3.16. The molecule has 1 heterocycles. The standard InChI is InChI=1S/C17H22ClN3O2S/c1-10(2)8-21-24(22,23)15-6-11-4-3-5-14(19)17(11)13-9-20-16(18)7-12(13)15/h6-7,9-10,14,21H,3-5,8,19H2,1-2H3. The normalized spacial score (nSPS) is 18.1. The third-order valence-corrected chi connectivity index (χ3v) is 6.05.